The first-order valence-electron chi connectivity index (χ1n) is 4.28. The molecule has 1 aromatic carbocycles. The molecule has 0 N–H and O–H groups in total. The number of nitro groups is 1. The average Bonchev–Trinajstić information content (AvgIpc) is 2.15. The highest BCUT2D eigenvalue weighted by atomic mass is 35.5. The molecule has 0 radical (unpaired) electrons. The lowest BCUT2D eigenvalue weighted by Crippen LogP contribution is -2.08. The molecule has 0 saturated heterocycles. The van der Waals surface area contributed by atoms with Crippen molar-refractivity contribution in [3.63, 3.8) is 0 Å². The molecule has 0 aromatic heterocycles. The summed E-state index contributed by atoms with van der Waals surface area (Å²) in [5.41, 5.74) is -0.959. The molecule has 7 nitrogen and oxygen atoms in total. The third-order valence-electron chi connectivity index (χ3n) is 1.96. The molecule has 0 heterocycles. The third kappa shape index (κ3) is 2.78. The number of halogens is 2. The van der Waals surface area contributed by atoms with Gasteiger partial charge in [0.05, 0.1) is 4.92 Å². The van der Waals surface area contributed by atoms with Crippen molar-refractivity contribution >= 4 is 17.3 Å². The van der Waals surface area contributed by atoms with E-state index in [9.17, 15) is 24.6 Å². The molecule has 0 saturated carbocycles. The van der Waals surface area contributed by atoms with E-state index < -0.39 is 32.6 Å². The minimum atomic E-state index is -1.13. The Labute approximate surface area is 99.0 Å². The van der Waals surface area contributed by atoms with Crippen LogP contribution in [0.1, 0.15) is 18.6 Å². The van der Waals surface area contributed by atoms with Crippen molar-refractivity contribution in [3.8, 4) is 0 Å². The Morgan fingerprint density at radius 1 is 1.41 bits per heavy atom. The minimum absolute atomic E-state index is 0.0310. The van der Waals surface area contributed by atoms with Crippen LogP contribution < -0.4 is 0 Å². The molecule has 92 valence electrons. The van der Waals surface area contributed by atoms with Crippen molar-refractivity contribution in [2.24, 2.45) is 0 Å². The van der Waals surface area contributed by atoms with Crippen LogP contribution in [-0.4, -0.2) is 10.0 Å². The molecule has 1 aromatic rings. The summed E-state index contributed by atoms with van der Waals surface area (Å²) in [7, 11) is 0. The van der Waals surface area contributed by atoms with Gasteiger partial charge in [0.25, 0.3) is 5.09 Å². The second-order valence-electron chi connectivity index (χ2n) is 3.03. The van der Waals surface area contributed by atoms with Gasteiger partial charge in [0.15, 0.2) is 0 Å². The van der Waals surface area contributed by atoms with E-state index in [1.165, 1.54) is 6.92 Å². The van der Waals surface area contributed by atoms with Gasteiger partial charge in [-0.25, -0.2) is 0 Å². The minimum Gasteiger partial charge on any atom is -0.306 e. The molecule has 9 heteroatoms. The Morgan fingerprint density at radius 2 is 2.00 bits per heavy atom. The van der Waals surface area contributed by atoms with Gasteiger partial charge in [0.1, 0.15) is 11.1 Å². The van der Waals surface area contributed by atoms with Crippen molar-refractivity contribution in [1.29, 1.82) is 0 Å². The summed E-state index contributed by atoms with van der Waals surface area (Å²) in [4.78, 5) is 23.8. The quantitative estimate of drug-likeness (QED) is 0.615. The first-order chi connectivity index (χ1) is 7.84. The van der Waals surface area contributed by atoms with Crippen LogP contribution in [0.2, 0.25) is 5.02 Å². The first-order valence-corrected chi connectivity index (χ1v) is 4.65. The van der Waals surface area contributed by atoms with Crippen LogP contribution >= 0.6 is 11.6 Å². The molecule has 0 aliphatic carbocycles. The second-order valence-corrected chi connectivity index (χ2v) is 3.41. The van der Waals surface area contributed by atoms with Crippen LogP contribution in [0.3, 0.4) is 0 Å². The Kier molecular flexibility index (Phi) is 3.79. The van der Waals surface area contributed by atoms with E-state index in [1.807, 2.05) is 0 Å². The summed E-state index contributed by atoms with van der Waals surface area (Å²) in [6.07, 6.45) is -1.13. The van der Waals surface area contributed by atoms with Gasteiger partial charge in [0, 0.05) is 5.56 Å². The highest BCUT2D eigenvalue weighted by Gasteiger charge is 2.25. The number of nitro benzene ring substituents is 1. The Balaban J connectivity index is 3.23. The molecule has 1 atom stereocenters. The molecule has 17 heavy (non-hydrogen) atoms. The van der Waals surface area contributed by atoms with E-state index in [0.717, 1.165) is 12.1 Å². The second kappa shape index (κ2) is 4.91. The van der Waals surface area contributed by atoms with Gasteiger partial charge in [-0.3, -0.25) is 10.1 Å². The predicted molar refractivity (Wildman–Crippen MR) is 54.6 cm³/mol. The Bertz CT molecular complexity index is 481. The fourth-order valence-electron chi connectivity index (χ4n) is 1.22. The SMILES string of the molecule is CC(O[N+](=O)[O-])c1ccc(F)c([N+](=O)[O-])c1Cl. The maximum absolute atomic E-state index is 13.1. The van der Waals surface area contributed by atoms with Crippen molar-refractivity contribution in [3.05, 3.63) is 48.8 Å². The lowest BCUT2D eigenvalue weighted by molar-refractivity contribution is -0.770. The van der Waals surface area contributed by atoms with E-state index in [1.54, 1.807) is 0 Å². The summed E-state index contributed by atoms with van der Waals surface area (Å²) in [6, 6.07) is 1.90. The smallest absolute Gasteiger partial charge is 0.306 e. The first kappa shape index (κ1) is 13.1. The normalized spacial score (nSPS) is 11.9. The molecule has 0 amide bonds. The molecule has 0 bridgehead atoms. The highest BCUT2D eigenvalue weighted by Crippen LogP contribution is 2.35. The van der Waals surface area contributed by atoms with Crippen molar-refractivity contribution < 1.29 is 19.2 Å². The number of nitrogens with zero attached hydrogens (tertiary/aromatic N) is 2. The Morgan fingerprint density at radius 3 is 2.47 bits per heavy atom. The monoisotopic (exact) mass is 264 g/mol. The van der Waals surface area contributed by atoms with Crippen molar-refractivity contribution in [2.45, 2.75) is 13.0 Å². The van der Waals surface area contributed by atoms with Gasteiger partial charge >= 0.3 is 5.69 Å². The van der Waals surface area contributed by atoms with Crippen LogP contribution in [0.4, 0.5) is 10.1 Å². The zero-order valence-electron chi connectivity index (χ0n) is 8.42. The molecule has 1 rings (SSSR count). The van der Waals surface area contributed by atoms with Gasteiger partial charge in [-0.05, 0) is 13.0 Å². The lowest BCUT2D eigenvalue weighted by atomic mass is 10.1. The molecular weight excluding hydrogens is 259 g/mol. The predicted octanol–water partition coefficient (Wildman–Crippen LogP) is 2.66. The number of rotatable bonds is 4. The third-order valence-corrected chi connectivity index (χ3v) is 2.36. The zero-order valence-corrected chi connectivity index (χ0v) is 9.18. The van der Waals surface area contributed by atoms with E-state index in [2.05, 4.69) is 4.84 Å². The van der Waals surface area contributed by atoms with E-state index in [0.29, 0.717) is 0 Å². The largest absolute Gasteiger partial charge is 0.323 e. The fourth-order valence-corrected chi connectivity index (χ4v) is 1.60. The molecule has 1 unspecified atom stereocenters. The van der Waals surface area contributed by atoms with Crippen molar-refractivity contribution in [1.82, 2.24) is 0 Å². The number of hydrogen-bond acceptors (Lipinski definition) is 5. The fraction of sp³-hybridized carbons (Fsp3) is 0.250. The highest BCUT2D eigenvalue weighted by molar-refractivity contribution is 6.33. The summed E-state index contributed by atoms with van der Waals surface area (Å²) in [5.74, 6) is -1.11. The van der Waals surface area contributed by atoms with E-state index in [-0.39, 0.29) is 5.56 Å². The molecule has 0 spiro atoms. The molecule has 0 aliphatic heterocycles. The van der Waals surface area contributed by atoms with Crippen LogP contribution in [0, 0.1) is 26.0 Å². The van der Waals surface area contributed by atoms with Crippen LogP contribution in [0.5, 0.6) is 0 Å². The van der Waals surface area contributed by atoms with E-state index >= 15 is 0 Å². The standard InChI is InChI=1S/C8H6ClFN2O5/c1-4(17-12(15)16)5-2-3-6(10)8(7(5)9)11(13)14/h2-4H,1H3. The molecule has 0 aliphatic rings. The summed E-state index contributed by atoms with van der Waals surface area (Å²) in [5, 5.41) is 19.1. The maximum atomic E-state index is 13.1. The van der Waals surface area contributed by atoms with Gasteiger partial charge in [-0.2, -0.15) is 4.39 Å². The van der Waals surface area contributed by atoms with Crippen LogP contribution in [0.25, 0.3) is 0 Å². The van der Waals surface area contributed by atoms with Gasteiger partial charge in [-0.1, -0.05) is 17.7 Å². The van der Waals surface area contributed by atoms with Crippen molar-refractivity contribution in [2.75, 3.05) is 0 Å². The van der Waals surface area contributed by atoms with Gasteiger partial charge < -0.3 is 4.84 Å². The molecular formula is C8H6ClFN2O5. The summed E-state index contributed by atoms with van der Waals surface area (Å²) >= 11 is 5.60. The number of benzene rings is 1. The Hall–Kier alpha value is -1.96. The molecule has 0 fully saturated rings. The van der Waals surface area contributed by atoms with Crippen LogP contribution in [-0.2, 0) is 4.84 Å². The lowest BCUT2D eigenvalue weighted by Gasteiger charge is -2.11. The van der Waals surface area contributed by atoms with E-state index in [4.69, 9.17) is 11.6 Å². The number of hydrogen-bond donors (Lipinski definition) is 0. The van der Waals surface area contributed by atoms with Gasteiger partial charge in [-0.15, -0.1) is 10.1 Å². The zero-order chi connectivity index (χ0) is 13.2. The summed E-state index contributed by atoms with van der Waals surface area (Å²) < 4.78 is 13.1. The average molecular weight is 265 g/mol. The summed E-state index contributed by atoms with van der Waals surface area (Å²) in [6.45, 7) is 1.27. The van der Waals surface area contributed by atoms with Crippen LogP contribution in [0.15, 0.2) is 12.1 Å². The topological polar surface area (TPSA) is 95.5 Å². The van der Waals surface area contributed by atoms with Gasteiger partial charge in [0.2, 0.25) is 5.82 Å². The maximum Gasteiger partial charge on any atom is 0.323 e.